The smallest absolute Gasteiger partial charge is 0.306 e. The number of carbonyl (C=O) groups excluding carboxylic acids is 3. The van der Waals surface area contributed by atoms with Gasteiger partial charge in [-0.25, -0.2) is 0 Å². The average molecular weight is 326 g/mol. The van der Waals surface area contributed by atoms with Gasteiger partial charge in [0.15, 0.2) is 0 Å². The predicted molar refractivity (Wildman–Crippen MR) is 87.6 cm³/mol. The Morgan fingerprint density at radius 3 is 2.43 bits per heavy atom. The van der Waals surface area contributed by atoms with Crippen LogP contribution in [0.2, 0.25) is 0 Å². The highest BCUT2D eigenvalue weighted by atomic mass is 16.5. The van der Waals surface area contributed by atoms with Crippen LogP contribution in [-0.2, 0) is 19.1 Å². The van der Waals surface area contributed by atoms with E-state index in [0.717, 1.165) is 12.8 Å². The Bertz CT molecular complexity index is 436. The van der Waals surface area contributed by atoms with Crippen molar-refractivity contribution in [2.75, 3.05) is 13.7 Å². The van der Waals surface area contributed by atoms with Crippen molar-refractivity contribution in [3.63, 3.8) is 0 Å². The minimum absolute atomic E-state index is 0.0421. The van der Waals surface area contributed by atoms with Gasteiger partial charge in [-0.1, -0.05) is 20.3 Å². The van der Waals surface area contributed by atoms with E-state index in [9.17, 15) is 14.4 Å². The Balaban J connectivity index is 2.88. The zero-order valence-electron chi connectivity index (χ0n) is 14.9. The molecule has 0 saturated carbocycles. The van der Waals surface area contributed by atoms with E-state index in [-0.39, 0.29) is 36.2 Å². The molecule has 1 fully saturated rings. The number of likely N-dealkylation sites (tertiary alicyclic amines) is 1. The van der Waals surface area contributed by atoms with Crippen molar-refractivity contribution < 1.29 is 19.1 Å². The Labute approximate surface area is 138 Å². The second-order valence-corrected chi connectivity index (χ2v) is 6.63. The fourth-order valence-corrected chi connectivity index (χ4v) is 2.98. The maximum absolute atomic E-state index is 12.9. The lowest BCUT2D eigenvalue weighted by Crippen LogP contribution is -2.50. The molecule has 3 atom stereocenters. The summed E-state index contributed by atoms with van der Waals surface area (Å²) in [6.45, 7) is 8.33. The molecule has 1 heterocycles. The Kier molecular flexibility index (Phi) is 7.52. The van der Waals surface area contributed by atoms with Crippen LogP contribution in [0.3, 0.4) is 0 Å². The Morgan fingerprint density at radius 2 is 1.91 bits per heavy atom. The van der Waals surface area contributed by atoms with Gasteiger partial charge in [-0.2, -0.15) is 0 Å². The number of esters is 1. The lowest BCUT2D eigenvalue weighted by molar-refractivity contribution is -0.149. The van der Waals surface area contributed by atoms with Gasteiger partial charge in [-0.15, -0.1) is 0 Å². The van der Waals surface area contributed by atoms with Gasteiger partial charge in [-0.05, 0) is 32.6 Å². The van der Waals surface area contributed by atoms with Gasteiger partial charge in [0.25, 0.3) is 0 Å². The molecule has 1 aliphatic rings. The molecule has 0 aliphatic carbocycles. The Morgan fingerprint density at radius 1 is 1.26 bits per heavy atom. The zero-order valence-corrected chi connectivity index (χ0v) is 14.9. The lowest BCUT2D eigenvalue weighted by atomic mass is 9.87. The first-order valence-corrected chi connectivity index (χ1v) is 8.49. The molecule has 0 spiro atoms. The van der Waals surface area contributed by atoms with Gasteiger partial charge in [0.1, 0.15) is 6.04 Å². The molecule has 0 aromatic rings. The van der Waals surface area contributed by atoms with E-state index in [2.05, 4.69) is 5.32 Å². The van der Waals surface area contributed by atoms with Gasteiger partial charge >= 0.3 is 5.97 Å². The summed E-state index contributed by atoms with van der Waals surface area (Å²) < 4.78 is 4.73. The van der Waals surface area contributed by atoms with Crippen molar-refractivity contribution in [3.8, 4) is 0 Å². The van der Waals surface area contributed by atoms with Crippen LogP contribution in [0.5, 0.6) is 0 Å². The van der Waals surface area contributed by atoms with Crippen molar-refractivity contribution in [2.24, 2.45) is 11.8 Å². The number of hydrogen-bond acceptors (Lipinski definition) is 4. The topological polar surface area (TPSA) is 75.7 Å². The second kappa shape index (κ2) is 8.89. The van der Waals surface area contributed by atoms with Gasteiger partial charge in [0.2, 0.25) is 11.8 Å². The number of amides is 2. The van der Waals surface area contributed by atoms with E-state index >= 15 is 0 Å². The third-order valence-electron chi connectivity index (χ3n) is 4.53. The molecular formula is C17H30N2O4. The number of hydrogen-bond donors (Lipinski definition) is 1. The number of ether oxygens (including phenoxy) is 1. The first kappa shape index (κ1) is 19.5. The molecule has 0 aromatic carbocycles. The number of nitrogens with zero attached hydrogens (tertiary/aromatic N) is 1. The summed E-state index contributed by atoms with van der Waals surface area (Å²) in [6.07, 6.45) is 2.35. The number of nitrogens with one attached hydrogen (secondary N) is 1. The van der Waals surface area contributed by atoms with Crippen molar-refractivity contribution in [2.45, 2.75) is 65.5 Å². The van der Waals surface area contributed by atoms with E-state index in [1.54, 1.807) is 4.90 Å². The molecule has 1 aliphatic heterocycles. The molecule has 6 nitrogen and oxygen atoms in total. The third kappa shape index (κ3) is 5.22. The van der Waals surface area contributed by atoms with Gasteiger partial charge < -0.3 is 15.0 Å². The van der Waals surface area contributed by atoms with Crippen molar-refractivity contribution in [3.05, 3.63) is 0 Å². The zero-order chi connectivity index (χ0) is 17.6. The van der Waals surface area contributed by atoms with Crippen LogP contribution in [0.1, 0.15) is 53.4 Å². The number of carbonyl (C=O) groups is 3. The van der Waals surface area contributed by atoms with Crippen molar-refractivity contribution in [1.82, 2.24) is 10.2 Å². The SMILES string of the molecule is CC[C@H](C)[C@H](CC(=O)OC)C(=O)N1CCC[C@H]1C(=O)NC(C)C. The van der Waals surface area contributed by atoms with Crippen LogP contribution in [0.15, 0.2) is 0 Å². The molecule has 2 amide bonds. The van der Waals surface area contributed by atoms with Crippen LogP contribution in [0.4, 0.5) is 0 Å². The summed E-state index contributed by atoms with van der Waals surface area (Å²) in [5, 5.41) is 2.88. The molecule has 132 valence electrons. The third-order valence-corrected chi connectivity index (χ3v) is 4.53. The van der Waals surface area contributed by atoms with Crippen LogP contribution in [-0.4, -0.2) is 48.4 Å². The molecule has 0 bridgehead atoms. The van der Waals surface area contributed by atoms with Crippen LogP contribution in [0.25, 0.3) is 0 Å². The van der Waals surface area contributed by atoms with Gasteiger partial charge in [0, 0.05) is 12.6 Å². The fourth-order valence-electron chi connectivity index (χ4n) is 2.98. The molecule has 0 aromatic heterocycles. The number of rotatable bonds is 7. The van der Waals surface area contributed by atoms with E-state index < -0.39 is 12.0 Å². The van der Waals surface area contributed by atoms with E-state index in [4.69, 9.17) is 4.74 Å². The summed E-state index contributed by atoms with van der Waals surface area (Å²) in [7, 11) is 1.33. The summed E-state index contributed by atoms with van der Waals surface area (Å²) in [5.41, 5.74) is 0. The molecule has 23 heavy (non-hydrogen) atoms. The summed E-state index contributed by atoms with van der Waals surface area (Å²) in [6, 6.07) is -0.380. The maximum atomic E-state index is 12.9. The van der Waals surface area contributed by atoms with Crippen molar-refractivity contribution >= 4 is 17.8 Å². The van der Waals surface area contributed by atoms with Crippen LogP contribution < -0.4 is 5.32 Å². The van der Waals surface area contributed by atoms with E-state index in [1.807, 2.05) is 27.7 Å². The normalized spacial score (nSPS) is 20.3. The fraction of sp³-hybridized carbons (Fsp3) is 0.824. The first-order chi connectivity index (χ1) is 10.8. The van der Waals surface area contributed by atoms with Gasteiger partial charge in [-0.3, -0.25) is 14.4 Å². The molecule has 1 rings (SSSR count). The van der Waals surface area contributed by atoms with Crippen LogP contribution in [0, 0.1) is 11.8 Å². The highest BCUT2D eigenvalue weighted by Crippen LogP contribution is 2.27. The quantitative estimate of drug-likeness (QED) is 0.723. The number of methoxy groups -OCH3 is 1. The monoisotopic (exact) mass is 326 g/mol. The standard InChI is InChI=1S/C17H30N2O4/c1-6-12(4)13(10-15(20)23-5)17(22)19-9-7-8-14(19)16(21)18-11(2)3/h11-14H,6-10H2,1-5H3,(H,18,21)/t12-,13-,14-/m0/s1. The molecule has 0 radical (unpaired) electrons. The van der Waals surface area contributed by atoms with Crippen molar-refractivity contribution in [1.29, 1.82) is 0 Å². The molecule has 1 saturated heterocycles. The maximum Gasteiger partial charge on any atom is 0.306 e. The molecular weight excluding hydrogens is 296 g/mol. The van der Waals surface area contributed by atoms with Crippen LogP contribution >= 0.6 is 0 Å². The summed E-state index contributed by atoms with van der Waals surface area (Å²) >= 11 is 0. The molecule has 0 unspecified atom stereocenters. The Hall–Kier alpha value is -1.59. The van der Waals surface area contributed by atoms with E-state index in [0.29, 0.717) is 13.0 Å². The minimum atomic E-state index is -0.431. The highest BCUT2D eigenvalue weighted by molar-refractivity contribution is 5.90. The average Bonchev–Trinajstić information content (AvgIpc) is 2.99. The minimum Gasteiger partial charge on any atom is -0.469 e. The summed E-state index contributed by atoms with van der Waals surface area (Å²) in [5.74, 6) is -0.958. The second-order valence-electron chi connectivity index (χ2n) is 6.63. The first-order valence-electron chi connectivity index (χ1n) is 8.49. The van der Waals surface area contributed by atoms with Gasteiger partial charge in [0.05, 0.1) is 19.4 Å². The summed E-state index contributed by atoms with van der Waals surface area (Å²) in [4.78, 5) is 38.6. The van der Waals surface area contributed by atoms with E-state index in [1.165, 1.54) is 7.11 Å². The molecule has 1 N–H and O–H groups in total. The lowest BCUT2D eigenvalue weighted by Gasteiger charge is -2.30. The molecule has 6 heteroatoms. The predicted octanol–water partition coefficient (Wildman–Crippen LogP) is 1.73. The largest absolute Gasteiger partial charge is 0.469 e. The highest BCUT2D eigenvalue weighted by Gasteiger charge is 2.39.